The van der Waals surface area contributed by atoms with Crippen molar-refractivity contribution < 1.29 is 4.74 Å². The fourth-order valence-corrected chi connectivity index (χ4v) is 1.55. The van der Waals surface area contributed by atoms with Crippen LogP contribution in [0.4, 0.5) is 5.69 Å². The number of nitrogens with two attached hydrogens (primary N) is 1. The van der Waals surface area contributed by atoms with Crippen LogP contribution in [0, 0.1) is 0 Å². The second-order valence-electron chi connectivity index (χ2n) is 3.21. The first-order valence-electron chi connectivity index (χ1n) is 4.49. The zero-order chi connectivity index (χ0) is 11.7. The number of hydrogen-bond acceptors (Lipinski definition) is 3. The molecule has 1 aromatic heterocycles. The van der Waals surface area contributed by atoms with Gasteiger partial charge in [0.15, 0.2) is 0 Å². The van der Waals surface area contributed by atoms with Crippen LogP contribution in [-0.2, 0) is 7.05 Å². The molecule has 84 valence electrons. The Hall–Kier alpha value is -1.39. The van der Waals surface area contributed by atoms with Gasteiger partial charge in [-0.3, -0.25) is 4.68 Å². The SMILES string of the molecule is Cn1ccc(Oc2ccc(N)c(Cl)c2Cl)n1. The summed E-state index contributed by atoms with van der Waals surface area (Å²) < 4.78 is 7.09. The second kappa shape index (κ2) is 4.23. The predicted octanol–water partition coefficient (Wildman–Crippen LogP) is 3.10. The third-order valence-corrected chi connectivity index (χ3v) is 2.86. The first kappa shape index (κ1) is 11.1. The van der Waals surface area contributed by atoms with Crippen molar-refractivity contribution >= 4 is 28.9 Å². The molecule has 0 saturated carbocycles. The van der Waals surface area contributed by atoms with Crippen LogP contribution < -0.4 is 10.5 Å². The molecule has 1 heterocycles. The lowest BCUT2D eigenvalue weighted by Gasteiger charge is -2.07. The van der Waals surface area contributed by atoms with E-state index in [4.69, 9.17) is 33.7 Å². The van der Waals surface area contributed by atoms with Crippen LogP contribution in [0.3, 0.4) is 0 Å². The van der Waals surface area contributed by atoms with Gasteiger partial charge >= 0.3 is 0 Å². The van der Waals surface area contributed by atoms with Gasteiger partial charge in [-0.15, -0.1) is 5.10 Å². The molecule has 0 radical (unpaired) electrons. The van der Waals surface area contributed by atoms with Gasteiger partial charge in [-0.25, -0.2) is 0 Å². The van der Waals surface area contributed by atoms with Crippen molar-refractivity contribution in [1.29, 1.82) is 0 Å². The van der Waals surface area contributed by atoms with Crippen LogP contribution in [0.25, 0.3) is 0 Å². The number of benzene rings is 1. The van der Waals surface area contributed by atoms with E-state index in [1.54, 1.807) is 36.1 Å². The van der Waals surface area contributed by atoms with E-state index in [0.717, 1.165) is 0 Å². The van der Waals surface area contributed by atoms with Gasteiger partial charge in [-0.2, -0.15) is 0 Å². The van der Waals surface area contributed by atoms with E-state index in [-0.39, 0.29) is 10.0 Å². The van der Waals surface area contributed by atoms with Crippen LogP contribution in [-0.4, -0.2) is 9.78 Å². The third-order valence-electron chi connectivity index (χ3n) is 1.98. The number of anilines is 1. The van der Waals surface area contributed by atoms with Crippen molar-refractivity contribution in [2.75, 3.05) is 5.73 Å². The molecule has 0 spiro atoms. The quantitative estimate of drug-likeness (QED) is 0.842. The van der Waals surface area contributed by atoms with Gasteiger partial charge in [0.05, 0.1) is 10.7 Å². The van der Waals surface area contributed by atoms with Gasteiger partial charge in [0.25, 0.3) is 0 Å². The average Bonchev–Trinajstić information content (AvgIpc) is 2.65. The van der Waals surface area contributed by atoms with Gasteiger partial charge in [-0.05, 0) is 12.1 Å². The van der Waals surface area contributed by atoms with E-state index >= 15 is 0 Å². The summed E-state index contributed by atoms with van der Waals surface area (Å²) in [5, 5.41) is 4.63. The largest absolute Gasteiger partial charge is 0.436 e. The first-order valence-corrected chi connectivity index (χ1v) is 5.24. The summed E-state index contributed by atoms with van der Waals surface area (Å²) in [5.74, 6) is 0.879. The number of rotatable bonds is 2. The Morgan fingerprint density at radius 1 is 1.25 bits per heavy atom. The van der Waals surface area contributed by atoms with Crippen LogP contribution >= 0.6 is 23.2 Å². The van der Waals surface area contributed by atoms with Crippen LogP contribution in [0.1, 0.15) is 0 Å². The van der Waals surface area contributed by atoms with Crippen molar-refractivity contribution in [2.24, 2.45) is 7.05 Å². The van der Waals surface area contributed by atoms with Gasteiger partial charge in [0.2, 0.25) is 5.88 Å². The Bertz CT molecular complexity index is 525. The molecule has 0 aliphatic rings. The molecule has 0 amide bonds. The molecule has 4 nitrogen and oxygen atoms in total. The summed E-state index contributed by atoms with van der Waals surface area (Å²) in [4.78, 5) is 0. The smallest absolute Gasteiger partial charge is 0.238 e. The minimum Gasteiger partial charge on any atom is -0.436 e. The number of aryl methyl sites for hydroxylation is 1. The molecule has 2 N–H and O–H groups in total. The molecule has 1 aromatic carbocycles. The minimum atomic E-state index is 0.285. The molecule has 0 atom stereocenters. The molecule has 0 aliphatic carbocycles. The molecule has 16 heavy (non-hydrogen) atoms. The van der Waals surface area contributed by atoms with Crippen LogP contribution in [0.15, 0.2) is 24.4 Å². The van der Waals surface area contributed by atoms with E-state index in [2.05, 4.69) is 5.10 Å². The summed E-state index contributed by atoms with van der Waals surface area (Å²) >= 11 is 11.9. The van der Waals surface area contributed by atoms with Crippen LogP contribution in [0.5, 0.6) is 11.6 Å². The molecular weight excluding hydrogens is 249 g/mol. The van der Waals surface area contributed by atoms with Crippen LogP contribution in [0.2, 0.25) is 10.0 Å². The maximum atomic E-state index is 5.98. The van der Waals surface area contributed by atoms with Crippen molar-refractivity contribution in [3.63, 3.8) is 0 Å². The molecule has 2 rings (SSSR count). The number of hydrogen-bond donors (Lipinski definition) is 1. The summed E-state index contributed by atoms with van der Waals surface area (Å²) in [6.07, 6.45) is 1.77. The topological polar surface area (TPSA) is 53.1 Å². The summed E-state index contributed by atoms with van der Waals surface area (Å²) in [5.41, 5.74) is 6.01. The number of nitrogen functional groups attached to an aromatic ring is 1. The standard InChI is InChI=1S/C10H9Cl2N3O/c1-15-5-4-8(14-15)16-7-3-2-6(13)9(11)10(7)12/h2-5H,13H2,1H3. The third kappa shape index (κ3) is 2.08. The average molecular weight is 258 g/mol. The Morgan fingerprint density at radius 3 is 2.62 bits per heavy atom. The van der Waals surface area contributed by atoms with Gasteiger partial charge < -0.3 is 10.5 Å². The molecular formula is C10H9Cl2N3O. The van der Waals surface area contributed by atoms with Crippen molar-refractivity contribution in [3.8, 4) is 11.6 Å². The maximum Gasteiger partial charge on any atom is 0.238 e. The van der Waals surface area contributed by atoms with Crippen molar-refractivity contribution in [3.05, 3.63) is 34.4 Å². The lowest BCUT2D eigenvalue weighted by atomic mass is 10.3. The van der Waals surface area contributed by atoms with Gasteiger partial charge in [0, 0.05) is 19.3 Å². The maximum absolute atomic E-state index is 5.98. The highest BCUT2D eigenvalue weighted by atomic mass is 35.5. The van der Waals surface area contributed by atoms with E-state index in [0.29, 0.717) is 17.3 Å². The summed E-state index contributed by atoms with van der Waals surface area (Å²) in [6.45, 7) is 0. The molecule has 0 aliphatic heterocycles. The number of aromatic nitrogens is 2. The van der Waals surface area contributed by atoms with Crippen molar-refractivity contribution in [1.82, 2.24) is 9.78 Å². The Kier molecular flexibility index (Phi) is 2.94. The Labute approximate surface area is 103 Å². The van der Waals surface area contributed by atoms with E-state index in [1.807, 2.05) is 0 Å². The molecule has 0 fully saturated rings. The monoisotopic (exact) mass is 257 g/mol. The van der Waals surface area contributed by atoms with Crippen molar-refractivity contribution in [2.45, 2.75) is 0 Å². The summed E-state index contributed by atoms with van der Waals surface area (Å²) in [6, 6.07) is 5.01. The van der Waals surface area contributed by atoms with E-state index in [1.165, 1.54) is 0 Å². The predicted molar refractivity (Wildman–Crippen MR) is 64.2 cm³/mol. The highest BCUT2D eigenvalue weighted by molar-refractivity contribution is 6.44. The minimum absolute atomic E-state index is 0.285. The number of halogens is 2. The highest BCUT2D eigenvalue weighted by Gasteiger charge is 2.10. The zero-order valence-corrected chi connectivity index (χ0v) is 9.96. The second-order valence-corrected chi connectivity index (χ2v) is 3.97. The van der Waals surface area contributed by atoms with E-state index in [9.17, 15) is 0 Å². The normalized spacial score (nSPS) is 10.4. The number of ether oxygens (including phenoxy) is 1. The molecule has 0 bridgehead atoms. The Balaban J connectivity index is 2.32. The fourth-order valence-electron chi connectivity index (χ4n) is 1.19. The molecule has 2 aromatic rings. The molecule has 0 unspecified atom stereocenters. The lowest BCUT2D eigenvalue weighted by molar-refractivity contribution is 0.454. The Morgan fingerprint density at radius 2 is 2.00 bits per heavy atom. The first-order chi connectivity index (χ1) is 7.58. The molecule has 0 saturated heterocycles. The highest BCUT2D eigenvalue weighted by Crippen LogP contribution is 2.37. The van der Waals surface area contributed by atoms with E-state index < -0.39 is 0 Å². The fraction of sp³-hybridized carbons (Fsp3) is 0.100. The number of nitrogens with zero attached hydrogens (tertiary/aromatic N) is 2. The zero-order valence-electron chi connectivity index (χ0n) is 8.45. The van der Waals surface area contributed by atoms with Gasteiger partial charge in [-0.1, -0.05) is 23.2 Å². The van der Waals surface area contributed by atoms with Gasteiger partial charge in [0.1, 0.15) is 10.8 Å². The summed E-state index contributed by atoms with van der Waals surface area (Å²) in [7, 11) is 1.80. The molecule has 6 heteroatoms. The lowest BCUT2D eigenvalue weighted by Crippen LogP contribution is -1.92.